The van der Waals surface area contributed by atoms with Gasteiger partial charge in [-0.1, -0.05) is 31.5 Å². The van der Waals surface area contributed by atoms with Gasteiger partial charge in [0.15, 0.2) is 0 Å². The average molecular weight is 437 g/mol. The highest BCUT2D eigenvalue weighted by atomic mass is 79.9. The number of hydrogen-bond donors (Lipinski definition) is 1. The van der Waals surface area contributed by atoms with Crippen molar-refractivity contribution in [3.05, 3.63) is 75.2 Å². The van der Waals surface area contributed by atoms with Gasteiger partial charge in [-0.25, -0.2) is 9.07 Å². The molecule has 1 N–H and O–H groups in total. The summed E-state index contributed by atoms with van der Waals surface area (Å²) in [4.78, 5) is 12.8. The maximum absolute atomic E-state index is 13.2. The first-order valence-corrected chi connectivity index (χ1v) is 9.14. The summed E-state index contributed by atoms with van der Waals surface area (Å²) < 4.78 is 15.4. The molecule has 0 atom stereocenters. The van der Waals surface area contributed by atoms with Crippen LogP contribution in [-0.4, -0.2) is 15.7 Å². The Balaban J connectivity index is 1.98. The summed E-state index contributed by atoms with van der Waals surface area (Å²) in [5.74, 6) is -0.644. The van der Waals surface area contributed by atoms with Gasteiger partial charge in [0.05, 0.1) is 28.8 Å². The number of halogens is 3. The number of anilines is 1. The highest BCUT2D eigenvalue weighted by molar-refractivity contribution is 9.10. The Morgan fingerprint density at radius 1 is 1.27 bits per heavy atom. The summed E-state index contributed by atoms with van der Waals surface area (Å²) >= 11 is 9.33. The van der Waals surface area contributed by atoms with Crippen LogP contribution < -0.4 is 5.32 Å². The van der Waals surface area contributed by atoms with Crippen molar-refractivity contribution in [3.63, 3.8) is 0 Å². The standard InChI is InChI=1S/C19H16BrClFN3O/c1-11(2)18-15(10-23-25(18)14-5-3-4-12(21)8-14)19(26)24-17-7-6-13(22)9-16(17)20/h3-11H,1-2H3,(H,24,26). The van der Waals surface area contributed by atoms with Crippen molar-refractivity contribution >= 4 is 39.1 Å². The average Bonchev–Trinajstić information content (AvgIpc) is 3.03. The third-order valence-corrected chi connectivity index (χ3v) is 4.72. The fraction of sp³-hybridized carbons (Fsp3) is 0.158. The fourth-order valence-electron chi connectivity index (χ4n) is 2.68. The number of carbonyl (C=O) groups excluding carboxylic acids is 1. The monoisotopic (exact) mass is 435 g/mol. The normalized spacial score (nSPS) is 11.0. The van der Waals surface area contributed by atoms with Crippen molar-refractivity contribution < 1.29 is 9.18 Å². The molecule has 4 nitrogen and oxygen atoms in total. The Hall–Kier alpha value is -2.18. The summed E-state index contributed by atoms with van der Waals surface area (Å²) in [6.45, 7) is 3.98. The molecule has 2 aromatic carbocycles. The number of carbonyl (C=O) groups is 1. The summed E-state index contributed by atoms with van der Waals surface area (Å²) in [5.41, 5.74) is 2.49. The van der Waals surface area contributed by atoms with Crippen LogP contribution in [0.2, 0.25) is 5.02 Å². The van der Waals surface area contributed by atoms with Crippen LogP contribution in [0.5, 0.6) is 0 Å². The Kier molecular flexibility index (Phi) is 5.44. The number of benzene rings is 2. The van der Waals surface area contributed by atoms with E-state index < -0.39 is 0 Å². The molecule has 0 radical (unpaired) electrons. The number of nitrogens with zero attached hydrogens (tertiary/aromatic N) is 2. The van der Waals surface area contributed by atoms with E-state index >= 15 is 0 Å². The van der Waals surface area contributed by atoms with Crippen LogP contribution in [-0.2, 0) is 0 Å². The molecule has 1 amide bonds. The fourth-order valence-corrected chi connectivity index (χ4v) is 3.32. The van der Waals surface area contributed by atoms with E-state index in [0.29, 0.717) is 20.7 Å². The molecule has 26 heavy (non-hydrogen) atoms. The van der Waals surface area contributed by atoms with Crippen molar-refractivity contribution in [2.24, 2.45) is 0 Å². The minimum atomic E-state index is -0.383. The number of hydrogen-bond acceptors (Lipinski definition) is 2. The Morgan fingerprint density at radius 3 is 2.69 bits per heavy atom. The lowest BCUT2D eigenvalue weighted by Gasteiger charge is -2.13. The smallest absolute Gasteiger partial charge is 0.259 e. The summed E-state index contributed by atoms with van der Waals surface area (Å²) in [6, 6.07) is 11.4. The van der Waals surface area contributed by atoms with Crippen molar-refractivity contribution in [2.45, 2.75) is 19.8 Å². The van der Waals surface area contributed by atoms with Crippen LogP contribution in [0.25, 0.3) is 5.69 Å². The van der Waals surface area contributed by atoms with E-state index in [1.165, 1.54) is 24.4 Å². The van der Waals surface area contributed by atoms with Crippen molar-refractivity contribution in [1.29, 1.82) is 0 Å². The second-order valence-electron chi connectivity index (χ2n) is 6.07. The van der Waals surface area contributed by atoms with Gasteiger partial charge in [0.2, 0.25) is 0 Å². The van der Waals surface area contributed by atoms with Gasteiger partial charge >= 0.3 is 0 Å². The highest BCUT2D eigenvalue weighted by Crippen LogP contribution is 2.27. The van der Waals surface area contributed by atoms with E-state index in [4.69, 9.17) is 11.6 Å². The van der Waals surface area contributed by atoms with E-state index in [1.807, 2.05) is 26.0 Å². The molecular weight excluding hydrogens is 421 g/mol. The Labute approximate surface area is 164 Å². The SMILES string of the molecule is CC(C)c1c(C(=O)Nc2ccc(F)cc2Br)cnn1-c1cccc(Cl)c1. The van der Waals surface area contributed by atoms with Crippen LogP contribution in [0, 0.1) is 5.82 Å². The lowest BCUT2D eigenvalue weighted by molar-refractivity contribution is 0.102. The third kappa shape index (κ3) is 3.81. The van der Waals surface area contributed by atoms with Crippen LogP contribution in [0.4, 0.5) is 10.1 Å². The van der Waals surface area contributed by atoms with Gasteiger partial charge in [-0.3, -0.25) is 4.79 Å². The van der Waals surface area contributed by atoms with Gasteiger partial charge in [0.25, 0.3) is 5.91 Å². The number of rotatable bonds is 4. The molecule has 3 aromatic rings. The van der Waals surface area contributed by atoms with E-state index in [2.05, 4.69) is 26.3 Å². The molecule has 0 saturated carbocycles. The molecule has 1 heterocycles. The maximum Gasteiger partial charge on any atom is 0.259 e. The van der Waals surface area contributed by atoms with Crippen LogP contribution >= 0.6 is 27.5 Å². The van der Waals surface area contributed by atoms with Gasteiger partial charge in [-0.05, 0) is 58.2 Å². The zero-order valence-electron chi connectivity index (χ0n) is 14.1. The first-order valence-electron chi connectivity index (χ1n) is 7.97. The van der Waals surface area contributed by atoms with Gasteiger partial charge in [-0.2, -0.15) is 5.10 Å². The molecule has 0 saturated heterocycles. The lowest BCUT2D eigenvalue weighted by Crippen LogP contribution is -2.15. The van der Waals surface area contributed by atoms with E-state index in [9.17, 15) is 9.18 Å². The predicted octanol–water partition coefficient (Wildman–Crippen LogP) is 5.80. The zero-order chi connectivity index (χ0) is 18.8. The quantitative estimate of drug-likeness (QED) is 0.561. The minimum absolute atomic E-state index is 0.0499. The molecule has 0 fully saturated rings. The predicted molar refractivity (Wildman–Crippen MR) is 105 cm³/mol. The van der Waals surface area contributed by atoms with Gasteiger partial charge in [0.1, 0.15) is 5.82 Å². The molecule has 0 aliphatic rings. The first-order chi connectivity index (χ1) is 12.4. The second-order valence-corrected chi connectivity index (χ2v) is 7.36. The van der Waals surface area contributed by atoms with E-state index in [0.717, 1.165) is 11.4 Å². The van der Waals surface area contributed by atoms with Crippen LogP contribution in [0.15, 0.2) is 53.1 Å². The number of aromatic nitrogens is 2. The molecule has 0 unspecified atom stereocenters. The molecule has 0 bridgehead atoms. The molecule has 1 aromatic heterocycles. The van der Waals surface area contributed by atoms with Crippen LogP contribution in [0.1, 0.15) is 35.8 Å². The van der Waals surface area contributed by atoms with Crippen molar-refractivity contribution in [1.82, 2.24) is 9.78 Å². The maximum atomic E-state index is 13.2. The molecule has 7 heteroatoms. The first kappa shape index (κ1) is 18.6. The third-order valence-electron chi connectivity index (χ3n) is 3.83. The van der Waals surface area contributed by atoms with Gasteiger partial charge < -0.3 is 5.32 Å². The lowest BCUT2D eigenvalue weighted by atomic mass is 10.0. The largest absolute Gasteiger partial charge is 0.321 e. The molecule has 3 rings (SSSR count). The Bertz CT molecular complexity index is 971. The second kappa shape index (κ2) is 7.60. The van der Waals surface area contributed by atoms with Crippen molar-refractivity contribution in [3.8, 4) is 5.69 Å². The van der Waals surface area contributed by atoms with Gasteiger partial charge in [-0.15, -0.1) is 0 Å². The Morgan fingerprint density at radius 2 is 2.04 bits per heavy atom. The molecule has 0 aliphatic heterocycles. The molecule has 0 aliphatic carbocycles. The molecular formula is C19H16BrClFN3O. The van der Waals surface area contributed by atoms with E-state index in [-0.39, 0.29) is 17.6 Å². The topological polar surface area (TPSA) is 46.9 Å². The number of amides is 1. The highest BCUT2D eigenvalue weighted by Gasteiger charge is 2.21. The van der Waals surface area contributed by atoms with Crippen LogP contribution in [0.3, 0.4) is 0 Å². The van der Waals surface area contributed by atoms with Gasteiger partial charge in [0, 0.05) is 9.50 Å². The molecule has 134 valence electrons. The number of nitrogens with one attached hydrogen (secondary N) is 1. The minimum Gasteiger partial charge on any atom is -0.321 e. The summed E-state index contributed by atoms with van der Waals surface area (Å²) in [5, 5.41) is 7.76. The summed E-state index contributed by atoms with van der Waals surface area (Å²) in [6.07, 6.45) is 1.53. The van der Waals surface area contributed by atoms with Crippen molar-refractivity contribution in [2.75, 3.05) is 5.32 Å². The van der Waals surface area contributed by atoms with E-state index in [1.54, 1.807) is 16.8 Å². The summed E-state index contributed by atoms with van der Waals surface area (Å²) in [7, 11) is 0. The zero-order valence-corrected chi connectivity index (χ0v) is 16.5. The molecule has 0 spiro atoms.